The molecule has 2 aromatic rings. The molecule has 0 aliphatic heterocycles. The summed E-state index contributed by atoms with van der Waals surface area (Å²) in [4.78, 5) is 12.9. The van der Waals surface area contributed by atoms with Crippen molar-refractivity contribution in [3.05, 3.63) is 43.6 Å². The van der Waals surface area contributed by atoms with Gasteiger partial charge in [0, 0.05) is 20.8 Å². The van der Waals surface area contributed by atoms with E-state index in [-0.39, 0.29) is 0 Å². The second-order valence-electron chi connectivity index (χ2n) is 7.24. The summed E-state index contributed by atoms with van der Waals surface area (Å²) >= 11 is 20.5. The van der Waals surface area contributed by atoms with Crippen molar-refractivity contribution in [3.8, 4) is 11.1 Å². The van der Waals surface area contributed by atoms with Gasteiger partial charge in [0.25, 0.3) is 0 Å². The Kier molecular flexibility index (Phi) is 7.13. The lowest BCUT2D eigenvalue weighted by atomic mass is 9.92. The van der Waals surface area contributed by atoms with Crippen LogP contribution in [0.15, 0.2) is 18.2 Å². The zero-order valence-corrected chi connectivity index (χ0v) is 18.3. The molecule has 3 rings (SSSR count). The van der Waals surface area contributed by atoms with E-state index in [9.17, 15) is 9.90 Å². The van der Waals surface area contributed by atoms with Crippen molar-refractivity contribution >= 4 is 52.1 Å². The summed E-state index contributed by atoms with van der Waals surface area (Å²) in [6.07, 6.45) is 7.02. The molecule has 0 unspecified atom stereocenters. The van der Waals surface area contributed by atoms with Crippen LogP contribution >= 0.6 is 46.1 Å². The molecule has 1 aliphatic carbocycles. The molecule has 1 aliphatic rings. The number of rotatable bonds is 7. The summed E-state index contributed by atoms with van der Waals surface area (Å²) in [5.74, 6) is -0.264. The third-order valence-corrected chi connectivity index (χ3v) is 7.30. The Morgan fingerprint density at radius 1 is 1.22 bits per heavy atom. The number of carbonyl (C=O) groups is 1. The maximum atomic E-state index is 11.5. The predicted molar refractivity (Wildman–Crippen MR) is 116 cm³/mol. The van der Waals surface area contributed by atoms with Crippen molar-refractivity contribution in [1.29, 1.82) is 0 Å². The number of thiophene rings is 1. The number of alkyl halides is 1. The Balaban J connectivity index is 1.98. The molecule has 0 saturated heterocycles. The number of benzene rings is 1. The smallest absolute Gasteiger partial charge is 0.345 e. The molecular formula is C21H23Cl3O2S. The highest BCUT2D eigenvalue weighted by molar-refractivity contribution is 7.14. The second-order valence-corrected chi connectivity index (χ2v) is 9.84. The fraction of sp³-hybridized carbons (Fsp3) is 0.476. The molecule has 2 nitrogen and oxygen atoms in total. The minimum absolute atomic E-state index is 0.295. The highest BCUT2D eigenvalue weighted by Crippen LogP contribution is 2.42. The van der Waals surface area contributed by atoms with Crippen LogP contribution in [0.3, 0.4) is 0 Å². The van der Waals surface area contributed by atoms with Crippen molar-refractivity contribution < 1.29 is 9.90 Å². The molecule has 1 fully saturated rings. The van der Waals surface area contributed by atoms with Crippen molar-refractivity contribution in [2.24, 2.45) is 5.92 Å². The van der Waals surface area contributed by atoms with Gasteiger partial charge in [-0.3, -0.25) is 0 Å². The van der Waals surface area contributed by atoms with E-state index < -0.39 is 5.97 Å². The predicted octanol–water partition coefficient (Wildman–Crippen LogP) is 7.71. The summed E-state index contributed by atoms with van der Waals surface area (Å²) in [7, 11) is 0. The average Bonchev–Trinajstić information content (AvgIpc) is 3.19. The van der Waals surface area contributed by atoms with Gasteiger partial charge in [0.15, 0.2) is 0 Å². The van der Waals surface area contributed by atoms with Gasteiger partial charge in [0.05, 0.1) is 5.02 Å². The lowest BCUT2D eigenvalue weighted by Crippen LogP contribution is -2.00. The van der Waals surface area contributed by atoms with Crippen LogP contribution in [0.25, 0.3) is 11.1 Å². The standard InChI is InChI=1S/C21H23Cl3O2S/c1-2-3-18-16(11-19(27-18)21(25)26)20-13(9-15(23)10-17(20)24)6-4-12-5-7-14(22)8-12/h9-12,14H,2-8H2,1H3,(H,25,26)/t12-,14+/m0/s1. The number of halogens is 3. The Morgan fingerprint density at radius 2 is 2.00 bits per heavy atom. The van der Waals surface area contributed by atoms with Crippen LogP contribution in [0.5, 0.6) is 0 Å². The van der Waals surface area contributed by atoms with Crippen molar-refractivity contribution in [3.63, 3.8) is 0 Å². The van der Waals surface area contributed by atoms with Crippen LogP contribution in [0.1, 0.15) is 59.1 Å². The first-order chi connectivity index (χ1) is 12.9. The zero-order valence-electron chi connectivity index (χ0n) is 15.2. The summed E-state index contributed by atoms with van der Waals surface area (Å²) in [5, 5.41) is 10.9. The van der Waals surface area contributed by atoms with E-state index in [4.69, 9.17) is 34.8 Å². The van der Waals surface area contributed by atoms with E-state index in [0.29, 0.717) is 26.2 Å². The van der Waals surface area contributed by atoms with E-state index in [0.717, 1.165) is 60.1 Å². The number of carboxylic acids is 1. The quantitative estimate of drug-likeness (QED) is 0.443. The van der Waals surface area contributed by atoms with Crippen molar-refractivity contribution in [2.45, 2.75) is 57.2 Å². The summed E-state index contributed by atoms with van der Waals surface area (Å²) in [5.41, 5.74) is 2.98. The highest BCUT2D eigenvalue weighted by atomic mass is 35.5. The van der Waals surface area contributed by atoms with Crippen molar-refractivity contribution in [1.82, 2.24) is 0 Å². The van der Waals surface area contributed by atoms with Crippen LogP contribution in [0.2, 0.25) is 10.0 Å². The number of hydrogen-bond donors (Lipinski definition) is 1. The molecule has 27 heavy (non-hydrogen) atoms. The fourth-order valence-electron chi connectivity index (χ4n) is 3.92. The first kappa shape index (κ1) is 21.0. The van der Waals surface area contributed by atoms with Gasteiger partial charge in [-0.25, -0.2) is 4.79 Å². The van der Waals surface area contributed by atoms with E-state index in [1.165, 1.54) is 17.8 Å². The maximum Gasteiger partial charge on any atom is 0.345 e. The number of aryl methyl sites for hydroxylation is 2. The van der Waals surface area contributed by atoms with Crippen LogP contribution in [0, 0.1) is 5.92 Å². The first-order valence-electron chi connectivity index (χ1n) is 9.37. The largest absolute Gasteiger partial charge is 0.477 e. The summed E-state index contributed by atoms with van der Waals surface area (Å²) in [6.45, 7) is 2.09. The molecule has 0 bridgehead atoms. The summed E-state index contributed by atoms with van der Waals surface area (Å²) in [6, 6.07) is 5.49. The topological polar surface area (TPSA) is 37.3 Å². The molecule has 6 heteroatoms. The maximum absolute atomic E-state index is 11.5. The molecule has 146 valence electrons. The third kappa shape index (κ3) is 5.00. The molecule has 0 radical (unpaired) electrons. The van der Waals surface area contributed by atoms with Gasteiger partial charge in [-0.2, -0.15) is 0 Å². The minimum atomic E-state index is -0.894. The molecule has 1 aromatic heterocycles. The SMILES string of the molecule is CCCc1sc(C(=O)O)cc1-c1c(Cl)cc(Cl)cc1CC[C@H]1CC[C@@H](Cl)C1. The van der Waals surface area contributed by atoms with Gasteiger partial charge in [0.2, 0.25) is 0 Å². The first-order valence-corrected chi connectivity index (χ1v) is 11.4. The van der Waals surface area contributed by atoms with E-state index in [1.54, 1.807) is 12.1 Å². The number of hydrogen-bond acceptors (Lipinski definition) is 2. The monoisotopic (exact) mass is 444 g/mol. The third-order valence-electron chi connectivity index (χ3n) is 5.20. The molecule has 1 heterocycles. The Hall–Kier alpha value is -0.740. The van der Waals surface area contributed by atoms with Gasteiger partial charge >= 0.3 is 5.97 Å². The van der Waals surface area contributed by atoms with Gasteiger partial charge in [-0.1, -0.05) is 36.5 Å². The van der Waals surface area contributed by atoms with Gasteiger partial charge in [-0.05, 0) is 73.8 Å². The van der Waals surface area contributed by atoms with Crippen LogP contribution in [-0.4, -0.2) is 16.5 Å². The van der Waals surface area contributed by atoms with Gasteiger partial charge < -0.3 is 5.11 Å². The molecule has 0 spiro atoms. The Bertz CT molecular complexity index is 831. The van der Waals surface area contributed by atoms with Crippen LogP contribution < -0.4 is 0 Å². The Morgan fingerprint density at radius 3 is 2.63 bits per heavy atom. The van der Waals surface area contributed by atoms with Gasteiger partial charge in [-0.15, -0.1) is 22.9 Å². The second kappa shape index (κ2) is 9.17. The van der Waals surface area contributed by atoms with Crippen LogP contribution in [0.4, 0.5) is 0 Å². The fourth-order valence-corrected chi connectivity index (χ4v) is 6.04. The molecule has 1 aromatic carbocycles. The normalized spacial score (nSPS) is 19.6. The van der Waals surface area contributed by atoms with Crippen molar-refractivity contribution in [2.75, 3.05) is 0 Å². The van der Waals surface area contributed by atoms with E-state index in [1.807, 2.05) is 6.07 Å². The number of aromatic carboxylic acids is 1. The minimum Gasteiger partial charge on any atom is -0.477 e. The molecule has 1 N–H and O–H groups in total. The molecule has 0 amide bonds. The highest BCUT2D eigenvalue weighted by Gasteiger charge is 2.24. The van der Waals surface area contributed by atoms with E-state index >= 15 is 0 Å². The van der Waals surface area contributed by atoms with Gasteiger partial charge in [0.1, 0.15) is 4.88 Å². The number of carboxylic acid groups (broad SMARTS) is 1. The molecule has 2 atom stereocenters. The molecule has 1 saturated carbocycles. The average molecular weight is 446 g/mol. The van der Waals surface area contributed by atoms with E-state index in [2.05, 4.69) is 6.92 Å². The summed E-state index contributed by atoms with van der Waals surface area (Å²) < 4.78 is 0. The lowest BCUT2D eigenvalue weighted by Gasteiger charge is -2.15. The lowest BCUT2D eigenvalue weighted by molar-refractivity contribution is 0.0702. The molecular weight excluding hydrogens is 423 g/mol. The Labute approximate surface area is 179 Å². The van der Waals surface area contributed by atoms with Crippen LogP contribution in [-0.2, 0) is 12.8 Å². The zero-order chi connectivity index (χ0) is 19.6.